The van der Waals surface area contributed by atoms with Gasteiger partial charge in [0.05, 0.1) is 18.3 Å². The van der Waals surface area contributed by atoms with Gasteiger partial charge in [-0.1, -0.05) is 24.3 Å². The van der Waals surface area contributed by atoms with E-state index in [0.29, 0.717) is 35.3 Å². The zero-order chi connectivity index (χ0) is 23.7. The normalized spacial score (nSPS) is 17.2. The minimum Gasteiger partial charge on any atom is -0.496 e. The Morgan fingerprint density at radius 2 is 1.74 bits per heavy atom. The molecule has 1 spiro atoms. The van der Waals surface area contributed by atoms with Crippen LogP contribution < -0.4 is 10.1 Å². The van der Waals surface area contributed by atoms with E-state index in [1.54, 1.807) is 31.4 Å². The predicted octanol–water partition coefficient (Wildman–Crippen LogP) is 4.71. The number of halogens is 1. The van der Waals surface area contributed by atoms with Crippen LogP contribution in [0.1, 0.15) is 29.8 Å². The van der Waals surface area contributed by atoms with Crippen molar-refractivity contribution in [2.75, 3.05) is 38.6 Å². The van der Waals surface area contributed by atoms with E-state index in [1.807, 2.05) is 29.2 Å². The maximum absolute atomic E-state index is 14.0. The van der Waals surface area contributed by atoms with E-state index in [1.165, 1.54) is 6.07 Å². The number of fused-ring (bicyclic) bond motifs is 1. The largest absolute Gasteiger partial charge is 0.496 e. The van der Waals surface area contributed by atoms with E-state index in [-0.39, 0.29) is 17.1 Å². The minimum absolute atomic E-state index is 0.0555. The number of rotatable bonds is 3. The van der Waals surface area contributed by atoms with Crippen LogP contribution in [0.25, 0.3) is 10.9 Å². The highest BCUT2D eigenvalue weighted by atomic mass is 32.1. The number of methoxy groups -OCH3 is 1. The average Bonchev–Trinajstić information content (AvgIpc) is 3.28. The number of pyridine rings is 1. The van der Waals surface area contributed by atoms with Crippen molar-refractivity contribution in [1.29, 1.82) is 0 Å². The number of anilines is 1. The summed E-state index contributed by atoms with van der Waals surface area (Å²) in [6, 6.07) is 16.0. The number of hydrogen-bond donors (Lipinski definition) is 1. The highest BCUT2D eigenvalue weighted by Gasteiger charge is 2.42. The molecule has 1 N–H and O–H groups in total. The number of nitrogens with one attached hydrogen (secondary N) is 1. The molecule has 0 radical (unpaired) electrons. The highest BCUT2D eigenvalue weighted by molar-refractivity contribution is 7.80. The van der Waals surface area contributed by atoms with Gasteiger partial charge in [-0.15, -0.1) is 0 Å². The molecule has 2 aromatic carbocycles. The Kier molecular flexibility index (Phi) is 6.08. The molecule has 0 bridgehead atoms. The lowest BCUT2D eigenvalue weighted by Crippen LogP contribution is -2.46. The first-order chi connectivity index (χ1) is 16.5. The Balaban J connectivity index is 1.23. The third-order valence-electron chi connectivity index (χ3n) is 7.07. The average molecular weight is 479 g/mol. The summed E-state index contributed by atoms with van der Waals surface area (Å²) in [5.41, 5.74) is 1.65. The van der Waals surface area contributed by atoms with Crippen LogP contribution in [0.3, 0.4) is 0 Å². The number of piperidine rings is 1. The first-order valence-electron chi connectivity index (χ1n) is 11.5. The Morgan fingerprint density at radius 3 is 2.47 bits per heavy atom. The second-order valence-corrected chi connectivity index (χ2v) is 9.49. The molecular formula is C26H27FN4O2S. The molecule has 3 heterocycles. The monoisotopic (exact) mass is 478 g/mol. The molecule has 1 amide bonds. The van der Waals surface area contributed by atoms with E-state index in [0.717, 1.165) is 43.3 Å². The fourth-order valence-electron chi connectivity index (χ4n) is 5.04. The van der Waals surface area contributed by atoms with Gasteiger partial charge in [0.15, 0.2) is 5.11 Å². The number of carbonyl (C=O) groups excluding carboxylic acids is 1. The number of thiocarbonyl (C=S) groups is 1. The van der Waals surface area contributed by atoms with E-state index in [4.69, 9.17) is 17.0 Å². The van der Waals surface area contributed by atoms with Crippen molar-refractivity contribution in [3.05, 3.63) is 66.1 Å². The number of carbonyl (C=O) groups is 1. The van der Waals surface area contributed by atoms with Crippen LogP contribution in [0.15, 0.2) is 54.6 Å². The van der Waals surface area contributed by atoms with Gasteiger partial charge in [-0.05, 0) is 61.2 Å². The SMILES string of the molecule is COc1cc(C(=O)N2CCC3(CCN(C(=S)Nc4ccccc4F)CC3)C2)nc2ccccc12. The Morgan fingerprint density at radius 1 is 1.06 bits per heavy atom. The third kappa shape index (κ3) is 4.30. The van der Waals surface area contributed by atoms with Crippen molar-refractivity contribution >= 4 is 39.8 Å². The zero-order valence-corrected chi connectivity index (χ0v) is 19.9. The first-order valence-corrected chi connectivity index (χ1v) is 11.9. The van der Waals surface area contributed by atoms with E-state index < -0.39 is 0 Å². The molecule has 2 aliphatic rings. The fraction of sp³-hybridized carbons (Fsp3) is 0.346. The third-order valence-corrected chi connectivity index (χ3v) is 7.43. The van der Waals surface area contributed by atoms with Gasteiger partial charge < -0.3 is 19.9 Å². The molecule has 6 nitrogen and oxygen atoms in total. The van der Waals surface area contributed by atoms with Crippen molar-refractivity contribution in [1.82, 2.24) is 14.8 Å². The number of nitrogens with zero attached hydrogens (tertiary/aromatic N) is 3. The van der Waals surface area contributed by atoms with Gasteiger partial charge in [-0.2, -0.15) is 0 Å². The molecular weight excluding hydrogens is 451 g/mol. The fourth-order valence-corrected chi connectivity index (χ4v) is 5.33. The molecule has 2 aliphatic heterocycles. The number of ether oxygens (including phenoxy) is 1. The lowest BCUT2D eigenvalue weighted by atomic mass is 9.78. The van der Waals surface area contributed by atoms with E-state index in [2.05, 4.69) is 15.2 Å². The topological polar surface area (TPSA) is 57.7 Å². The molecule has 0 aliphatic carbocycles. The Bertz CT molecular complexity index is 1240. The summed E-state index contributed by atoms with van der Waals surface area (Å²) < 4.78 is 19.5. The smallest absolute Gasteiger partial charge is 0.272 e. The number of amides is 1. The summed E-state index contributed by atoms with van der Waals surface area (Å²) in [5, 5.41) is 4.47. The number of aromatic nitrogens is 1. The maximum Gasteiger partial charge on any atom is 0.272 e. The van der Waals surface area contributed by atoms with E-state index >= 15 is 0 Å². The van der Waals surface area contributed by atoms with Crippen molar-refractivity contribution in [2.45, 2.75) is 19.3 Å². The number of benzene rings is 2. The molecule has 1 aromatic heterocycles. The minimum atomic E-state index is -0.317. The summed E-state index contributed by atoms with van der Waals surface area (Å²) >= 11 is 5.53. The van der Waals surface area contributed by atoms with Gasteiger partial charge in [0, 0.05) is 37.6 Å². The van der Waals surface area contributed by atoms with Crippen molar-refractivity contribution in [2.24, 2.45) is 5.41 Å². The molecule has 0 saturated carbocycles. The van der Waals surface area contributed by atoms with Crippen LogP contribution in [0.2, 0.25) is 0 Å². The van der Waals surface area contributed by atoms with Crippen LogP contribution in [0.5, 0.6) is 5.75 Å². The van der Waals surface area contributed by atoms with Gasteiger partial charge in [0.2, 0.25) is 0 Å². The Labute approximate surface area is 203 Å². The first kappa shape index (κ1) is 22.5. The van der Waals surface area contributed by atoms with Gasteiger partial charge in [-0.3, -0.25) is 4.79 Å². The highest BCUT2D eigenvalue weighted by Crippen LogP contribution is 2.41. The molecule has 2 saturated heterocycles. The molecule has 34 heavy (non-hydrogen) atoms. The molecule has 2 fully saturated rings. The molecule has 3 aromatic rings. The lowest BCUT2D eigenvalue weighted by molar-refractivity contribution is 0.0743. The van der Waals surface area contributed by atoms with Crippen LogP contribution in [0, 0.1) is 11.2 Å². The Hall–Kier alpha value is -3.26. The van der Waals surface area contributed by atoms with Crippen molar-refractivity contribution < 1.29 is 13.9 Å². The predicted molar refractivity (Wildman–Crippen MR) is 135 cm³/mol. The zero-order valence-electron chi connectivity index (χ0n) is 19.1. The maximum atomic E-state index is 14.0. The summed E-state index contributed by atoms with van der Waals surface area (Å²) in [6.07, 6.45) is 2.83. The van der Waals surface area contributed by atoms with Crippen LogP contribution in [-0.2, 0) is 0 Å². The van der Waals surface area contributed by atoms with Crippen LogP contribution in [0.4, 0.5) is 10.1 Å². The van der Waals surface area contributed by atoms with Crippen molar-refractivity contribution in [3.63, 3.8) is 0 Å². The van der Waals surface area contributed by atoms with Gasteiger partial charge in [0.1, 0.15) is 17.3 Å². The molecule has 176 valence electrons. The number of para-hydroxylation sites is 2. The van der Waals surface area contributed by atoms with E-state index in [9.17, 15) is 9.18 Å². The lowest BCUT2D eigenvalue weighted by Gasteiger charge is -2.40. The summed E-state index contributed by atoms with van der Waals surface area (Å²) in [6.45, 7) is 2.99. The standard InChI is InChI=1S/C26H27FN4O2S/c1-33-23-16-22(28-20-8-4-2-6-18(20)23)24(32)31-15-12-26(17-31)10-13-30(14-11-26)25(34)29-21-9-5-3-7-19(21)27/h2-9,16H,10-15,17H2,1H3,(H,29,34). The van der Waals surface area contributed by atoms with Crippen LogP contribution in [-0.4, -0.2) is 59.1 Å². The molecule has 0 atom stereocenters. The second-order valence-electron chi connectivity index (χ2n) is 9.10. The molecule has 8 heteroatoms. The van der Waals surface area contributed by atoms with Gasteiger partial charge in [-0.25, -0.2) is 9.37 Å². The summed E-state index contributed by atoms with van der Waals surface area (Å²) in [4.78, 5) is 21.9. The summed E-state index contributed by atoms with van der Waals surface area (Å²) in [7, 11) is 1.61. The molecule has 5 rings (SSSR count). The number of likely N-dealkylation sites (tertiary alicyclic amines) is 2. The van der Waals surface area contributed by atoms with Crippen LogP contribution >= 0.6 is 12.2 Å². The quantitative estimate of drug-likeness (QED) is 0.551. The van der Waals surface area contributed by atoms with Gasteiger partial charge >= 0.3 is 0 Å². The number of hydrogen-bond acceptors (Lipinski definition) is 4. The second kappa shape index (κ2) is 9.18. The van der Waals surface area contributed by atoms with Gasteiger partial charge in [0.25, 0.3) is 5.91 Å². The van der Waals surface area contributed by atoms with Crippen molar-refractivity contribution in [3.8, 4) is 5.75 Å². The summed E-state index contributed by atoms with van der Waals surface area (Å²) in [5.74, 6) is 0.286. The molecule has 0 unspecified atom stereocenters.